The highest BCUT2D eigenvalue weighted by molar-refractivity contribution is 14.1. The number of benzene rings is 2. The first-order valence-corrected chi connectivity index (χ1v) is 6.65. The lowest BCUT2D eigenvalue weighted by Crippen LogP contribution is -2.21. The van der Waals surface area contributed by atoms with Crippen molar-refractivity contribution in [2.24, 2.45) is 0 Å². The Kier molecular flexibility index (Phi) is 4.36. The van der Waals surface area contributed by atoms with E-state index < -0.39 is 17.8 Å². The van der Waals surface area contributed by atoms with Gasteiger partial charge >= 0.3 is 5.97 Å². The molecule has 2 aromatic rings. The number of rotatable bonds is 4. The summed E-state index contributed by atoms with van der Waals surface area (Å²) in [6.45, 7) is 0. The molecule has 1 atom stereocenters. The van der Waals surface area contributed by atoms with E-state index in [2.05, 4.69) is 5.32 Å². The van der Waals surface area contributed by atoms with Crippen LogP contribution in [0, 0.1) is 9.39 Å². The highest BCUT2D eigenvalue weighted by Gasteiger charge is 2.20. The fourth-order valence-electron chi connectivity index (χ4n) is 1.70. The second-order valence-electron chi connectivity index (χ2n) is 3.95. The first-order valence-electron chi connectivity index (χ1n) is 5.57. The molecule has 2 rings (SSSR count). The molecule has 2 aromatic carbocycles. The molecule has 0 aliphatic rings. The van der Waals surface area contributed by atoms with Crippen molar-refractivity contribution in [3.63, 3.8) is 0 Å². The van der Waals surface area contributed by atoms with Crippen LogP contribution in [0.3, 0.4) is 0 Å². The molecule has 0 radical (unpaired) electrons. The molecular weight excluding hydrogens is 360 g/mol. The second-order valence-corrected chi connectivity index (χ2v) is 5.20. The lowest BCUT2D eigenvalue weighted by atomic mass is 10.1. The number of carboxylic acids is 1. The topological polar surface area (TPSA) is 49.3 Å². The Hall–Kier alpha value is -1.63. The van der Waals surface area contributed by atoms with Gasteiger partial charge in [0.1, 0.15) is 5.82 Å². The van der Waals surface area contributed by atoms with Gasteiger partial charge in [-0.25, -0.2) is 9.18 Å². The van der Waals surface area contributed by atoms with Crippen LogP contribution in [0.25, 0.3) is 0 Å². The Balaban J connectivity index is 2.29. The van der Waals surface area contributed by atoms with Gasteiger partial charge in [-0.1, -0.05) is 30.3 Å². The third-order valence-corrected chi connectivity index (χ3v) is 3.28. The summed E-state index contributed by atoms with van der Waals surface area (Å²) in [5, 5.41) is 12.0. The van der Waals surface area contributed by atoms with Gasteiger partial charge in [-0.2, -0.15) is 0 Å². The van der Waals surface area contributed by atoms with Crippen LogP contribution in [0.5, 0.6) is 0 Å². The third-order valence-electron chi connectivity index (χ3n) is 2.61. The molecule has 0 bridgehead atoms. The predicted molar refractivity (Wildman–Crippen MR) is 79.6 cm³/mol. The molecule has 19 heavy (non-hydrogen) atoms. The van der Waals surface area contributed by atoms with Crippen molar-refractivity contribution < 1.29 is 14.3 Å². The summed E-state index contributed by atoms with van der Waals surface area (Å²) in [4.78, 5) is 11.3. The first-order chi connectivity index (χ1) is 9.08. The number of hydrogen-bond acceptors (Lipinski definition) is 2. The fraction of sp³-hybridized carbons (Fsp3) is 0.0714. The van der Waals surface area contributed by atoms with Gasteiger partial charge in [-0.15, -0.1) is 0 Å². The van der Waals surface area contributed by atoms with Gasteiger partial charge in [0, 0.05) is 3.57 Å². The number of halogens is 2. The Labute approximate surface area is 123 Å². The third kappa shape index (κ3) is 3.44. The molecule has 0 amide bonds. The Morgan fingerprint density at radius 3 is 2.47 bits per heavy atom. The molecule has 0 aromatic heterocycles. The first kappa shape index (κ1) is 13.8. The van der Waals surface area contributed by atoms with Crippen molar-refractivity contribution in [1.82, 2.24) is 0 Å². The maximum absolute atomic E-state index is 13.7. The number of aliphatic carboxylic acids is 1. The quantitative estimate of drug-likeness (QED) is 0.807. The van der Waals surface area contributed by atoms with E-state index >= 15 is 0 Å². The maximum atomic E-state index is 13.7. The molecule has 98 valence electrons. The van der Waals surface area contributed by atoms with Gasteiger partial charge in [0.2, 0.25) is 0 Å². The molecule has 0 aliphatic heterocycles. The van der Waals surface area contributed by atoms with Crippen molar-refractivity contribution >= 4 is 34.2 Å². The van der Waals surface area contributed by atoms with Gasteiger partial charge in [0.15, 0.2) is 6.04 Å². The van der Waals surface area contributed by atoms with Gasteiger partial charge < -0.3 is 10.4 Å². The van der Waals surface area contributed by atoms with Gasteiger partial charge in [-0.3, -0.25) is 0 Å². The summed E-state index contributed by atoms with van der Waals surface area (Å²) in [6, 6.07) is 12.3. The zero-order valence-electron chi connectivity index (χ0n) is 9.81. The summed E-state index contributed by atoms with van der Waals surface area (Å²) in [7, 11) is 0. The highest BCUT2D eigenvalue weighted by atomic mass is 127. The minimum absolute atomic E-state index is 0.177. The fourth-order valence-corrected chi connectivity index (χ4v) is 2.15. The van der Waals surface area contributed by atoms with E-state index in [0.717, 1.165) is 3.57 Å². The van der Waals surface area contributed by atoms with E-state index in [1.165, 1.54) is 12.1 Å². The SMILES string of the molecule is O=C(O)C(Nc1ccc(I)cc1F)c1ccccc1. The average molecular weight is 371 g/mol. The van der Waals surface area contributed by atoms with E-state index in [4.69, 9.17) is 0 Å². The molecule has 0 saturated carbocycles. The van der Waals surface area contributed by atoms with E-state index in [1.54, 1.807) is 36.4 Å². The van der Waals surface area contributed by atoms with Crippen molar-refractivity contribution in [2.75, 3.05) is 5.32 Å². The number of carboxylic acid groups (broad SMARTS) is 1. The molecule has 0 heterocycles. The molecule has 0 saturated heterocycles. The lowest BCUT2D eigenvalue weighted by Gasteiger charge is -2.16. The van der Waals surface area contributed by atoms with Crippen molar-refractivity contribution in [1.29, 1.82) is 0 Å². The molecular formula is C14H11FINO2. The summed E-state index contributed by atoms with van der Waals surface area (Å²) >= 11 is 2.00. The summed E-state index contributed by atoms with van der Waals surface area (Å²) in [6.07, 6.45) is 0. The Morgan fingerprint density at radius 1 is 1.21 bits per heavy atom. The zero-order valence-corrected chi connectivity index (χ0v) is 12.0. The number of nitrogens with one attached hydrogen (secondary N) is 1. The van der Waals surface area contributed by atoms with Gasteiger partial charge in [0.25, 0.3) is 0 Å². The van der Waals surface area contributed by atoms with Crippen LogP contribution in [-0.2, 0) is 4.79 Å². The Morgan fingerprint density at radius 2 is 1.89 bits per heavy atom. The van der Waals surface area contributed by atoms with Crippen molar-refractivity contribution in [3.8, 4) is 0 Å². The monoisotopic (exact) mass is 371 g/mol. The van der Waals surface area contributed by atoms with Crippen LogP contribution < -0.4 is 5.32 Å². The second kappa shape index (κ2) is 6.01. The molecule has 0 spiro atoms. The highest BCUT2D eigenvalue weighted by Crippen LogP contribution is 2.23. The minimum Gasteiger partial charge on any atom is -0.479 e. The van der Waals surface area contributed by atoms with Gasteiger partial charge in [-0.05, 0) is 46.4 Å². The Bertz CT molecular complexity index is 589. The summed E-state index contributed by atoms with van der Waals surface area (Å²) < 4.78 is 14.5. The normalized spacial score (nSPS) is 11.9. The van der Waals surface area contributed by atoms with Crippen LogP contribution in [0.2, 0.25) is 0 Å². The van der Waals surface area contributed by atoms with Crippen LogP contribution in [0.4, 0.5) is 10.1 Å². The molecule has 3 nitrogen and oxygen atoms in total. The van der Waals surface area contributed by atoms with Gasteiger partial charge in [0.05, 0.1) is 5.69 Å². The van der Waals surface area contributed by atoms with Crippen LogP contribution >= 0.6 is 22.6 Å². The summed E-state index contributed by atoms with van der Waals surface area (Å²) in [5.41, 5.74) is 0.754. The van der Waals surface area contributed by atoms with E-state index in [-0.39, 0.29) is 5.69 Å². The molecule has 2 N–H and O–H groups in total. The molecule has 1 unspecified atom stereocenters. The van der Waals surface area contributed by atoms with E-state index in [1.807, 2.05) is 22.6 Å². The average Bonchev–Trinajstić information content (AvgIpc) is 2.38. The van der Waals surface area contributed by atoms with Crippen molar-refractivity contribution in [2.45, 2.75) is 6.04 Å². The van der Waals surface area contributed by atoms with Crippen LogP contribution in [0.15, 0.2) is 48.5 Å². The largest absolute Gasteiger partial charge is 0.479 e. The predicted octanol–water partition coefficient (Wildman–Crippen LogP) is 3.67. The summed E-state index contributed by atoms with van der Waals surface area (Å²) in [5.74, 6) is -1.52. The minimum atomic E-state index is -1.05. The van der Waals surface area contributed by atoms with Crippen LogP contribution in [-0.4, -0.2) is 11.1 Å². The number of hydrogen-bond donors (Lipinski definition) is 2. The van der Waals surface area contributed by atoms with E-state index in [0.29, 0.717) is 5.56 Å². The smallest absolute Gasteiger partial charge is 0.330 e. The molecule has 0 aliphatic carbocycles. The molecule has 0 fully saturated rings. The zero-order chi connectivity index (χ0) is 13.8. The number of carbonyl (C=O) groups is 1. The maximum Gasteiger partial charge on any atom is 0.330 e. The number of anilines is 1. The van der Waals surface area contributed by atoms with E-state index in [9.17, 15) is 14.3 Å². The van der Waals surface area contributed by atoms with Crippen LogP contribution in [0.1, 0.15) is 11.6 Å². The lowest BCUT2D eigenvalue weighted by molar-refractivity contribution is -0.138. The molecule has 5 heteroatoms. The standard InChI is InChI=1S/C14H11FINO2/c15-11-8-10(16)6-7-12(11)17-13(14(18)19)9-4-2-1-3-5-9/h1-8,13,17H,(H,18,19). The van der Waals surface area contributed by atoms with Crippen molar-refractivity contribution in [3.05, 3.63) is 63.5 Å².